The fourth-order valence-corrected chi connectivity index (χ4v) is 3.19. The van der Waals surface area contributed by atoms with Crippen molar-refractivity contribution in [3.63, 3.8) is 0 Å². The van der Waals surface area contributed by atoms with Crippen molar-refractivity contribution in [3.05, 3.63) is 29.8 Å². The highest BCUT2D eigenvalue weighted by atomic mass is 16.5. The quantitative estimate of drug-likeness (QED) is 0.770. The number of para-hydroxylation sites is 1. The van der Waals surface area contributed by atoms with Gasteiger partial charge >= 0.3 is 0 Å². The number of benzene rings is 1. The lowest BCUT2D eigenvalue weighted by Gasteiger charge is -2.24. The van der Waals surface area contributed by atoms with E-state index in [1.165, 1.54) is 44.1 Å². The van der Waals surface area contributed by atoms with E-state index in [2.05, 4.69) is 30.4 Å². The predicted molar refractivity (Wildman–Crippen MR) is 85.1 cm³/mol. The van der Waals surface area contributed by atoms with Crippen molar-refractivity contribution in [2.75, 3.05) is 6.61 Å². The second kappa shape index (κ2) is 8.31. The van der Waals surface area contributed by atoms with Gasteiger partial charge in [-0.1, -0.05) is 43.9 Å². The van der Waals surface area contributed by atoms with Crippen molar-refractivity contribution < 1.29 is 4.74 Å². The fourth-order valence-electron chi connectivity index (χ4n) is 3.19. The maximum Gasteiger partial charge on any atom is 0.123 e. The molecule has 1 fully saturated rings. The molecule has 1 aromatic carbocycles. The van der Waals surface area contributed by atoms with E-state index in [1.807, 2.05) is 13.0 Å². The first-order chi connectivity index (χ1) is 9.81. The van der Waals surface area contributed by atoms with Gasteiger partial charge in [0.15, 0.2) is 0 Å². The van der Waals surface area contributed by atoms with E-state index in [9.17, 15) is 0 Å². The Morgan fingerprint density at radius 2 is 1.85 bits per heavy atom. The van der Waals surface area contributed by atoms with Gasteiger partial charge in [0.25, 0.3) is 0 Å². The summed E-state index contributed by atoms with van der Waals surface area (Å²) in [6.45, 7) is 6.03. The van der Waals surface area contributed by atoms with E-state index in [0.29, 0.717) is 6.04 Å². The molecule has 2 heteroatoms. The molecule has 2 nitrogen and oxygen atoms in total. The molecule has 0 saturated heterocycles. The molecule has 20 heavy (non-hydrogen) atoms. The molecule has 1 aromatic rings. The summed E-state index contributed by atoms with van der Waals surface area (Å²) < 4.78 is 5.69. The molecule has 1 aliphatic carbocycles. The smallest absolute Gasteiger partial charge is 0.123 e. The van der Waals surface area contributed by atoms with Crippen LogP contribution in [0.4, 0.5) is 0 Å². The van der Waals surface area contributed by atoms with E-state index in [1.54, 1.807) is 0 Å². The molecule has 0 bridgehead atoms. The lowest BCUT2D eigenvalue weighted by Crippen LogP contribution is -2.33. The highest BCUT2D eigenvalue weighted by Crippen LogP contribution is 2.26. The third kappa shape index (κ3) is 4.52. The summed E-state index contributed by atoms with van der Waals surface area (Å²) in [7, 11) is 0. The Hall–Kier alpha value is -1.02. The van der Waals surface area contributed by atoms with Crippen molar-refractivity contribution in [1.29, 1.82) is 0 Å². The lowest BCUT2D eigenvalue weighted by atomic mass is 9.93. The van der Waals surface area contributed by atoms with Crippen LogP contribution in [-0.2, 0) is 6.54 Å². The van der Waals surface area contributed by atoms with Crippen LogP contribution < -0.4 is 10.1 Å². The molecule has 1 atom stereocenters. The van der Waals surface area contributed by atoms with Gasteiger partial charge in [0.05, 0.1) is 6.61 Å². The average Bonchev–Trinajstić information content (AvgIpc) is 2.75. The van der Waals surface area contributed by atoms with Gasteiger partial charge in [-0.2, -0.15) is 0 Å². The van der Waals surface area contributed by atoms with Gasteiger partial charge in [0, 0.05) is 18.2 Å². The molecule has 0 aromatic heterocycles. The highest BCUT2D eigenvalue weighted by molar-refractivity contribution is 5.33. The maximum absolute atomic E-state index is 5.69. The van der Waals surface area contributed by atoms with E-state index in [0.717, 1.165) is 24.8 Å². The number of ether oxygens (including phenoxy) is 1. The Morgan fingerprint density at radius 1 is 1.15 bits per heavy atom. The molecule has 1 N–H and O–H groups in total. The first-order valence-electron chi connectivity index (χ1n) is 8.25. The molecule has 0 amide bonds. The molecule has 2 rings (SSSR count). The van der Waals surface area contributed by atoms with Gasteiger partial charge in [-0.25, -0.2) is 0 Å². The summed E-state index contributed by atoms with van der Waals surface area (Å²) >= 11 is 0. The molecule has 0 unspecified atom stereocenters. The maximum atomic E-state index is 5.69. The molecular weight excluding hydrogens is 246 g/mol. The van der Waals surface area contributed by atoms with Crippen molar-refractivity contribution in [2.45, 2.75) is 65.0 Å². The molecule has 0 aliphatic heterocycles. The number of nitrogens with one attached hydrogen (secondary N) is 1. The minimum Gasteiger partial charge on any atom is -0.494 e. The average molecular weight is 275 g/mol. The van der Waals surface area contributed by atoms with Crippen LogP contribution in [0.1, 0.15) is 57.9 Å². The predicted octanol–water partition coefficient (Wildman–Crippen LogP) is 4.53. The second-order valence-electron chi connectivity index (χ2n) is 5.96. The SMILES string of the molecule is CCOc1ccccc1CN[C@@H](C)C1CCCCCC1. The van der Waals surface area contributed by atoms with Gasteiger partial charge in [-0.15, -0.1) is 0 Å². The zero-order chi connectivity index (χ0) is 14.2. The molecule has 0 heterocycles. The standard InChI is InChI=1S/C18H29NO/c1-3-20-18-13-9-8-12-17(18)14-19-15(2)16-10-6-4-5-7-11-16/h8-9,12-13,15-16,19H,3-7,10-11,14H2,1-2H3/t15-/m0/s1. The Bertz CT molecular complexity index is 383. The van der Waals surface area contributed by atoms with Crippen LogP contribution in [0.3, 0.4) is 0 Å². The van der Waals surface area contributed by atoms with Gasteiger partial charge in [0.1, 0.15) is 5.75 Å². The van der Waals surface area contributed by atoms with Crippen LogP contribution in [0.2, 0.25) is 0 Å². The third-order valence-corrected chi connectivity index (χ3v) is 4.49. The second-order valence-corrected chi connectivity index (χ2v) is 5.96. The highest BCUT2D eigenvalue weighted by Gasteiger charge is 2.18. The van der Waals surface area contributed by atoms with Gasteiger partial charge in [-0.05, 0) is 38.7 Å². The number of hydrogen-bond donors (Lipinski definition) is 1. The minimum atomic E-state index is 0.600. The van der Waals surface area contributed by atoms with Crippen molar-refractivity contribution in [3.8, 4) is 5.75 Å². The Balaban J connectivity index is 1.87. The van der Waals surface area contributed by atoms with Crippen molar-refractivity contribution in [1.82, 2.24) is 5.32 Å². The summed E-state index contributed by atoms with van der Waals surface area (Å²) in [5, 5.41) is 3.72. The van der Waals surface area contributed by atoms with Crippen LogP contribution in [0, 0.1) is 5.92 Å². The zero-order valence-electron chi connectivity index (χ0n) is 13.0. The summed E-state index contributed by atoms with van der Waals surface area (Å²) in [5.41, 5.74) is 1.27. The summed E-state index contributed by atoms with van der Waals surface area (Å²) in [6.07, 6.45) is 8.45. The van der Waals surface area contributed by atoms with Crippen LogP contribution >= 0.6 is 0 Å². The Morgan fingerprint density at radius 3 is 2.55 bits per heavy atom. The van der Waals surface area contributed by atoms with Crippen LogP contribution in [-0.4, -0.2) is 12.6 Å². The molecular formula is C18H29NO. The molecule has 1 saturated carbocycles. The first kappa shape index (κ1) is 15.4. The Labute approximate surface area is 123 Å². The van der Waals surface area contributed by atoms with Crippen molar-refractivity contribution >= 4 is 0 Å². The number of hydrogen-bond acceptors (Lipinski definition) is 2. The topological polar surface area (TPSA) is 21.3 Å². The number of rotatable bonds is 6. The lowest BCUT2D eigenvalue weighted by molar-refractivity contribution is 0.322. The fraction of sp³-hybridized carbons (Fsp3) is 0.667. The van der Waals surface area contributed by atoms with Crippen molar-refractivity contribution in [2.24, 2.45) is 5.92 Å². The Kier molecular flexibility index (Phi) is 6.38. The van der Waals surface area contributed by atoms with Crippen LogP contribution in [0.25, 0.3) is 0 Å². The largest absolute Gasteiger partial charge is 0.494 e. The first-order valence-corrected chi connectivity index (χ1v) is 8.25. The van der Waals surface area contributed by atoms with Gasteiger partial charge in [-0.3, -0.25) is 0 Å². The summed E-state index contributed by atoms with van der Waals surface area (Å²) in [4.78, 5) is 0. The van der Waals surface area contributed by atoms with E-state index in [4.69, 9.17) is 4.74 Å². The van der Waals surface area contributed by atoms with Gasteiger partial charge in [0.2, 0.25) is 0 Å². The molecule has 112 valence electrons. The molecule has 0 spiro atoms. The monoisotopic (exact) mass is 275 g/mol. The van der Waals surface area contributed by atoms with Gasteiger partial charge < -0.3 is 10.1 Å². The minimum absolute atomic E-state index is 0.600. The van der Waals surface area contributed by atoms with Crippen LogP contribution in [0.15, 0.2) is 24.3 Å². The van der Waals surface area contributed by atoms with E-state index >= 15 is 0 Å². The summed E-state index contributed by atoms with van der Waals surface area (Å²) in [6, 6.07) is 8.97. The molecule has 0 radical (unpaired) electrons. The van der Waals surface area contributed by atoms with E-state index in [-0.39, 0.29) is 0 Å². The normalized spacial score (nSPS) is 18.5. The third-order valence-electron chi connectivity index (χ3n) is 4.49. The summed E-state index contributed by atoms with van der Waals surface area (Å²) in [5.74, 6) is 1.87. The zero-order valence-corrected chi connectivity index (χ0v) is 13.0. The molecule has 1 aliphatic rings. The van der Waals surface area contributed by atoms with E-state index < -0.39 is 0 Å². The van der Waals surface area contributed by atoms with Crippen LogP contribution in [0.5, 0.6) is 5.75 Å².